The Morgan fingerprint density at radius 1 is 1.08 bits per heavy atom. The molecule has 3 aromatic rings. The summed E-state index contributed by atoms with van der Waals surface area (Å²) in [5.41, 5.74) is 4.97. The Labute approximate surface area is 223 Å². The number of benzene rings is 1. The van der Waals surface area contributed by atoms with E-state index < -0.39 is 11.3 Å². The molecule has 0 bridgehead atoms. The van der Waals surface area contributed by atoms with Crippen molar-refractivity contribution >= 4 is 28.6 Å². The summed E-state index contributed by atoms with van der Waals surface area (Å²) in [6.07, 6.45) is 9.52. The van der Waals surface area contributed by atoms with Gasteiger partial charge in [0.25, 0.3) is 5.91 Å². The average molecular weight is 519 g/mol. The van der Waals surface area contributed by atoms with Crippen molar-refractivity contribution in [3.63, 3.8) is 0 Å². The predicted molar refractivity (Wildman–Crippen MR) is 149 cm³/mol. The van der Waals surface area contributed by atoms with Crippen LogP contribution in [0.5, 0.6) is 0 Å². The smallest absolute Gasteiger partial charge is 0.280 e. The number of fused-ring (bicyclic) bond motifs is 1. The standard InChI is InChI=1S/C29H38N6O3/c1-29(2)13-9-22(10-14-29)35-18-24(27(37)33-38-4)25(36)23-17-30-28(32-26(23)35)31-21-7-5-19(6-8-21)20-11-15-34(3)16-12-20/h5-8,17-18,20,22H,9-16H2,1-4H3,(H,33,37)(H,30,31,32). The number of rotatable bonds is 6. The van der Waals surface area contributed by atoms with Crippen LogP contribution in [-0.4, -0.2) is 52.6 Å². The Balaban J connectivity index is 1.45. The van der Waals surface area contributed by atoms with E-state index in [1.54, 1.807) is 6.20 Å². The third kappa shape index (κ3) is 5.59. The lowest BCUT2D eigenvalue weighted by atomic mass is 9.75. The molecule has 202 valence electrons. The molecule has 2 aliphatic rings. The van der Waals surface area contributed by atoms with E-state index in [9.17, 15) is 9.59 Å². The van der Waals surface area contributed by atoms with Gasteiger partial charge in [0.2, 0.25) is 11.4 Å². The highest BCUT2D eigenvalue weighted by atomic mass is 16.6. The Bertz CT molecular complexity index is 1350. The second-order valence-corrected chi connectivity index (χ2v) is 11.6. The van der Waals surface area contributed by atoms with E-state index in [0.29, 0.717) is 22.9 Å². The van der Waals surface area contributed by atoms with Crippen molar-refractivity contribution in [2.24, 2.45) is 5.41 Å². The van der Waals surface area contributed by atoms with Gasteiger partial charge in [0.15, 0.2) is 0 Å². The normalized spacial score (nSPS) is 18.9. The van der Waals surface area contributed by atoms with Crippen molar-refractivity contribution in [2.75, 3.05) is 32.6 Å². The third-order valence-corrected chi connectivity index (χ3v) is 8.27. The number of pyridine rings is 1. The SMILES string of the molecule is CONC(=O)c1cn(C2CCC(C)(C)CC2)c2nc(Nc3ccc(C4CCN(C)CC4)cc3)ncc2c1=O. The molecule has 5 rings (SSSR count). The molecule has 1 saturated heterocycles. The van der Waals surface area contributed by atoms with Crippen LogP contribution in [0.4, 0.5) is 11.6 Å². The number of hydroxylamine groups is 1. The van der Waals surface area contributed by atoms with Crippen molar-refractivity contribution in [1.82, 2.24) is 24.9 Å². The van der Waals surface area contributed by atoms with Crippen LogP contribution in [0.25, 0.3) is 11.0 Å². The van der Waals surface area contributed by atoms with Crippen LogP contribution in [0, 0.1) is 5.41 Å². The fourth-order valence-corrected chi connectivity index (χ4v) is 5.75. The molecule has 0 radical (unpaired) electrons. The summed E-state index contributed by atoms with van der Waals surface area (Å²) in [6, 6.07) is 8.63. The number of piperidine rings is 1. The first-order valence-corrected chi connectivity index (χ1v) is 13.5. The van der Waals surface area contributed by atoms with Crippen molar-refractivity contribution < 1.29 is 9.63 Å². The van der Waals surface area contributed by atoms with Gasteiger partial charge in [-0.05, 0) is 87.7 Å². The maximum atomic E-state index is 13.2. The number of hydrogen-bond acceptors (Lipinski definition) is 7. The van der Waals surface area contributed by atoms with Crippen molar-refractivity contribution in [3.8, 4) is 0 Å². The molecule has 9 heteroatoms. The summed E-state index contributed by atoms with van der Waals surface area (Å²) in [5.74, 6) is 0.440. The van der Waals surface area contributed by atoms with Crippen molar-refractivity contribution in [2.45, 2.75) is 64.3 Å². The number of carbonyl (C=O) groups is 1. The van der Waals surface area contributed by atoms with Crippen LogP contribution in [0.1, 0.15) is 80.3 Å². The molecular weight excluding hydrogens is 480 g/mol. The number of anilines is 2. The first-order chi connectivity index (χ1) is 18.2. The molecule has 0 unspecified atom stereocenters. The van der Waals surface area contributed by atoms with Gasteiger partial charge in [-0.25, -0.2) is 10.5 Å². The fourth-order valence-electron chi connectivity index (χ4n) is 5.75. The number of nitrogens with one attached hydrogen (secondary N) is 2. The van der Waals surface area contributed by atoms with E-state index in [1.165, 1.54) is 31.7 Å². The van der Waals surface area contributed by atoms with E-state index in [4.69, 9.17) is 9.82 Å². The fraction of sp³-hybridized carbons (Fsp3) is 0.517. The second kappa shape index (κ2) is 10.8. The van der Waals surface area contributed by atoms with Crippen LogP contribution in [0.3, 0.4) is 0 Å². The van der Waals surface area contributed by atoms with E-state index in [0.717, 1.165) is 44.5 Å². The van der Waals surface area contributed by atoms with Gasteiger partial charge in [0.05, 0.1) is 12.5 Å². The van der Waals surface area contributed by atoms with Gasteiger partial charge in [0.1, 0.15) is 11.2 Å². The highest BCUT2D eigenvalue weighted by Gasteiger charge is 2.29. The maximum absolute atomic E-state index is 13.2. The van der Waals surface area contributed by atoms with Crippen LogP contribution in [-0.2, 0) is 4.84 Å². The zero-order chi connectivity index (χ0) is 26.9. The molecule has 2 aromatic heterocycles. The molecule has 38 heavy (non-hydrogen) atoms. The van der Waals surface area contributed by atoms with Crippen LogP contribution >= 0.6 is 0 Å². The number of hydrogen-bond donors (Lipinski definition) is 2. The third-order valence-electron chi connectivity index (χ3n) is 8.27. The second-order valence-electron chi connectivity index (χ2n) is 11.6. The van der Waals surface area contributed by atoms with E-state index in [-0.39, 0.29) is 17.0 Å². The number of aromatic nitrogens is 3. The van der Waals surface area contributed by atoms with Gasteiger partial charge < -0.3 is 14.8 Å². The first kappa shape index (κ1) is 26.3. The summed E-state index contributed by atoms with van der Waals surface area (Å²) < 4.78 is 1.99. The predicted octanol–water partition coefficient (Wildman–Crippen LogP) is 4.78. The van der Waals surface area contributed by atoms with Crippen molar-refractivity contribution in [3.05, 3.63) is 58.0 Å². The van der Waals surface area contributed by atoms with Gasteiger partial charge in [-0.15, -0.1) is 0 Å². The largest absolute Gasteiger partial charge is 0.328 e. The quantitative estimate of drug-likeness (QED) is 0.453. The first-order valence-electron chi connectivity index (χ1n) is 13.5. The molecule has 1 amide bonds. The molecule has 1 aromatic carbocycles. The Morgan fingerprint density at radius 3 is 2.42 bits per heavy atom. The molecule has 2 fully saturated rings. The van der Waals surface area contributed by atoms with Gasteiger partial charge in [-0.2, -0.15) is 4.98 Å². The van der Waals surface area contributed by atoms with Gasteiger partial charge in [-0.3, -0.25) is 14.4 Å². The molecule has 0 atom stereocenters. The molecule has 0 spiro atoms. The minimum atomic E-state index is -0.573. The molecule has 1 saturated carbocycles. The van der Waals surface area contributed by atoms with E-state index >= 15 is 0 Å². The maximum Gasteiger partial charge on any atom is 0.280 e. The van der Waals surface area contributed by atoms with Gasteiger partial charge in [-0.1, -0.05) is 26.0 Å². The number of amides is 1. The van der Waals surface area contributed by atoms with Crippen LogP contribution < -0.4 is 16.2 Å². The minimum Gasteiger partial charge on any atom is -0.328 e. The molecule has 1 aliphatic carbocycles. The monoisotopic (exact) mass is 518 g/mol. The highest BCUT2D eigenvalue weighted by Crippen LogP contribution is 2.41. The number of likely N-dealkylation sites (tertiary alicyclic amines) is 1. The Morgan fingerprint density at radius 2 is 1.76 bits per heavy atom. The topological polar surface area (TPSA) is 101 Å². The number of carbonyl (C=O) groups excluding carboxylic acids is 1. The van der Waals surface area contributed by atoms with E-state index in [2.05, 4.69) is 65.8 Å². The Kier molecular flexibility index (Phi) is 7.49. The van der Waals surface area contributed by atoms with Gasteiger partial charge >= 0.3 is 0 Å². The lowest BCUT2D eigenvalue weighted by Gasteiger charge is -2.35. The average Bonchev–Trinajstić information content (AvgIpc) is 2.90. The molecule has 3 heterocycles. The zero-order valence-corrected chi connectivity index (χ0v) is 22.8. The summed E-state index contributed by atoms with van der Waals surface area (Å²) in [6.45, 7) is 6.83. The van der Waals surface area contributed by atoms with E-state index in [1.807, 2.05) is 4.57 Å². The molecule has 9 nitrogen and oxygen atoms in total. The van der Waals surface area contributed by atoms with Gasteiger partial charge in [0, 0.05) is 24.1 Å². The van der Waals surface area contributed by atoms with Crippen LogP contribution in [0.15, 0.2) is 41.5 Å². The minimum absolute atomic E-state index is 0.0259. The van der Waals surface area contributed by atoms with Crippen LogP contribution in [0.2, 0.25) is 0 Å². The van der Waals surface area contributed by atoms with Crippen molar-refractivity contribution in [1.29, 1.82) is 0 Å². The number of nitrogens with zero attached hydrogens (tertiary/aromatic N) is 4. The highest BCUT2D eigenvalue weighted by molar-refractivity contribution is 5.96. The molecule has 1 aliphatic heterocycles. The summed E-state index contributed by atoms with van der Waals surface area (Å²) in [7, 11) is 3.53. The Hall–Kier alpha value is -3.30. The molecular formula is C29H38N6O3. The summed E-state index contributed by atoms with van der Waals surface area (Å²) >= 11 is 0. The summed E-state index contributed by atoms with van der Waals surface area (Å²) in [5, 5.41) is 3.63. The lowest BCUT2D eigenvalue weighted by Crippen LogP contribution is -2.31. The lowest BCUT2D eigenvalue weighted by molar-refractivity contribution is 0.0535. The molecule has 2 N–H and O–H groups in total. The zero-order valence-electron chi connectivity index (χ0n) is 22.8. The summed E-state index contributed by atoms with van der Waals surface area (Å²) in [4.78, 5) is 42.2.